The summed E-state index contributed by atoms with van der Waals surface area (Å²) in [4.78, 5) is 7.13. The van der Waals surface area contributed by atoms with Crippen molar-refractivity contribution in [3.63, 3.8) is 0 Å². The monoisotopic (exact) mass is 325 g/mol. The van der Waals surface area contributed by atoms with Gasteiger partial charge in [0.15, 0.2) is 0 Å². The van der Waals surface area contributed by atoms with Gasteiger partial charge < -0.3 is 10.2 Å². The fraction of sp³-hybridized carbons (Fsp3) is 0.667. The Morgan fingerprint density at radius 2 is 2.21 bits per heavy atom. The van der Waals surface area contributed by atoms with Crippen molar-refractivity contribution >= 4 is 21.7 Å². The molecule has 1 fully saturated rings. The van der Waals surface area contributed by atoms with E-state index >= 15 is 0 Å². The highest BCUT2D eigenvalue weighted by Gasteiger charge is 2.33. The Balaban J connectivity index is 2.28. The molecule has 1 aromatic heterocycles. The maximum absolute atomic E-state index is 4.67. The zero-order valence-electron chi connectivity index (χ0n) is 12.3. The lowest BCUT2D eigenvalue weighted by Gasteiger charge is -2.34. The van der Waals surface area contributed by atoms with Crippen molar-refractivity contribution in [3.05, 3.63) is 22.3 Å². The van der Waals surface area contributed by atoms with E-state index in [1.165, 1.54) is 18.4 Å². The van der Waals surface area contributed by atoms with Gasteiger partial charge in [-0.25, -0.2) is 4.98 Å². The average Bonchev–Trinajstić information content (AvgIpc) is 2.66. The lowest BCUT2D eigenvalue weighted by atomic mass is 10.0. The smallest absolute Gasteiger partial charge is 0.133 e. The van der Waals surface area contributed by atoms with Crippen LogP contribution in [0.5, 0.6) is 0 Å². The molecule has 1 N–H and O–H groups in total. The van der Waals surface area contributed by atoms with E-state index in [9.17, 15) is 0 Å². The minimum Gasteiger partial charge on any atom is -0.351 e. The number of pyridine rings is 1. The Bertz CT molecular complexity index is 443. The Morgan fingerprint density at radius 1 is 1.47 bits per heavy atom. The lowest BCUT2D eigenvalue weighted by molar-refractivity contribution is 0.510. The number of nitrogens with zero attached hydrogens (tertiary/aromatic N) is 2. The highest BCUT2D eigenvalue weighted by molar-refractivity contribution is 9.10. The quantitative estimate of drug-likeness (QED) is 0.914. The molecule has 0 amide bonds. The molecule has 0 unspecified atom stereocenters. The molecule has 1 aliphatic heterocycles. The minimum atomic E-state index is 0.216. The summed E-state index contributed by atoms with van der Waals surface area (Å²) in [7, 11) is 0. The van der Waals surface area contributed by atoms with E-state index < -0.39 is 0 Å². The van der Waals surface area contributed by atoms with Crippen LogP contribution < -0.4 is 10.2 Å². The van der Waals surface area contributed by atoms with Crippen molar-refractivity contribution in [2.45, 2.75) is 58.7 Å². The third kappa shape index (κ3) is 3.48. The summed E-state index contributed by atoms with van der Waals surface area (Å²) >= 11 is 3.53. The molecule has 3 nitrogen and oxygen atoms in total. The van der Waals surface area contributed by atoms with Crippen LogP contribution in [-0.2, 0) is 6.54 Å². The molecule has 19 heavy (non-hydrogen) atoms. The average molecular weight is 326 g/mol. The Hall–Kier alpha value is -0.610. The summed E-state index contributed by atoms with van der Waals surface area (Å²) in [6.07, 6.45) is 4.40. The molecule has 0 atom stereocenters. The van der Waals surface area contributed by atoms with Crippen LogP contribution in [0.2, 0.25) is 0 Å². The van der Waals surface area contributed by atoms with Crippen molar-refractivity contribution in [1.29, 1.82) is 0 Å². The van der Waals surface area contributed by atoms with Gasteiger partial charge in [-0.3, -0.25) is 0 Å². The minimum absolute atomic E-state index is 0.216. The van der Waals surface area contributed by atoms with Crippen LogP contribution in [0, 0.1) is 0 Å². The third-order valence-corrected chi connectivity index (χ3v) is 4.20. The predicted molar refractivity (Wildman–Crippen MR) is 84.6 cm³/mol. The summed E-state index contributed by atoms with van der Waals surface area (Å²) < 4.78 is 1.05. The van der Waals surface area contributed by atoms with Gasteiger partial charge in [0.2, 0.25) is 0 Å². The summed E-state index contributed by atoms with van der Waals surface area (Å²) in [5, 5.41) is 3.49. The molecule has 1 aromatic rings. The normalized spacial score (nSPS) is 18.3. The predicted octanol–water partition coefficient (Wildman–Crippen LogP) is 3.72. The highest BCUT2D eigenvalue weighted by atomic mass is 79.9. The van der Waals surface area contributed by atoms with Crippen molar-refractivity contribution in [2.75, 3.05) is 11.4 Å². The zero-order valence-corrected chi connectivity index (χ0v) is 13.9. The maximum atomic E-state index is 4.67. The van der Waals surface area contributed by atoms with Gasteiger partial charge >= 0.3 is 0 Å². The molecule has 0 aliphatic carbocycles. The first-order valence-corrected chi connectivity index (χ1v) is 7.85. The van der Waals surface area contributed by atoms with Gasteiger partial charge in [0.1, 0.15) is 5.82 Å². The van der Waals surface area contributed by atoms with Gasteiger partial charge in [-0.05, 0) is 48.7 Å². The van der Waals surface area contributed by atoms with Gasteiger partial charge in [-0.1, -0.05) is 13.8 Å². The first-order valence-electron chi connectivity index (χ1n) is 7.05. The molecular weight excluding hydrogens is 302 g/mol. The Kier molecular flexibility index (Phi) is 4.51. The second-order valence-corrected chi connectivity index (χ2v) is 7.16. The van der Waals surface area contributed by atoms with Gasteiger partial charge in [-0.15, -0.1) is 0 Å². The van der Waals surface area contributed by atoms with Crippen LogP contribution in [-0.4, -0.2) is 23.1 Å². The van der Waals surface area contributed by atoms with Crippen LogP contribution in [0.15, 0.2) is 16.7 Å². The van der Waals surface area contributed by atoms with Crippen molar-refractivity contribution in [3.8, 4) is 0 Å². The maximum Gasteiger partial charge on any atom is 0.133 e. The van der Waals surface area contributed by atoms with Crippen molar-refractivity contribution in [2.24, 2.45) is 0 Å². The summed E-state index contributed by atoms with van der Waals surface area (Å²) in [5.41, 5.74) is 1.49. The van der Waals surface area contributed by atoms with E-state index in [0.717, 1.165) is 23.4 Å². The van der Waals surface area contributed by atoms with E-state index in [1.807, 2.05) is 6.20 Å². The number of aromatic nitrogens is 1. The second kappa shape index (κ2) is 5.80. The second-order valence-electron chi connectivity index (χ2n) is 6.24. The standard InChI is InChI=1S/C15H24BrN3/c1-11(2)17-9-12-8-13(16)10-18-14(12)19-7-5-6-15(19,3)4/h8,10-11,17H,5-7,9H2,1-4H3. The van der Waals surface area contributed by atoms with Gasteiger partial charge in [0.05, 0.1) is 0 Å². The SMILES string of the molecule is CC(C)NCc1cc(Br)cnc1N1CCCC1(C)C. The van der Waals surface area contributed by atoms with Crippen LogP contribution in [0.1, 0.15) is 46.1 Å². The molecule has 0 radical (unpaired) electrons. The highest BCUT2D eigenvalue weighted by Crippen LogP contribution is 2.34. The Morgan fingerprint density at radius 3 is 2.79 bits per heavy atom. The lowest BCUT2D eigenvalue weighted by Crippen LogP contribution is -2.39. The summed E-state index contributed by atoms with van der Waals surface area (Å²) in [6, 6.07) is 2.67. The first kappa shape index (κ1) is 14.8. The number of rotatable bonds is 4. The van der Waals surface area contributed by atoms with Gasteiger partial charge in [-0.2, -0.15) is 0 Å². The number of anilines is 1. The van der Waals surface area contributed by atoms with Gasteiger partial charge in [0.25, 0.3) is 0 Å². The number of hydrogen-bond donors (Lipinski definition) is 1. The largest absolute Gasteiger partial charge is 0.351 e. The third-order valence-electron chi connectivity index (χ3n) is 3.77. The molecule has 0 saturated carbocycles. The molecule has 1 aliphatic rings. The molecule has 1 saturated heterocycles. The number of hydrogen-bond acceptors (Lipinski definition) is 3. The van der Waals surface area contributed by atoms with Crippen LogP contribution in [0.3, 0.4) is 0 Å². The summed E-state index contributed by atoms with van der Waals surface area (Å²) in [6.45, 7) is 10.9. The topological polar surface area (TPSA) is 28.2 Å². The molecule has 106 valence electrons. The van der Waals surface area contributed by atoms with Crippen LogP contribution in [0.4, 0.5) is 5.82 Å². The van der Waals surface area contributed by atoms with E-state index in [4.69, 9.17) is 0 Å². The molecule has 0 spiro atoms. The fourth-order valence-electron chi connectivity index (χ4n) is 2.66. The molecular formula is C15H24BrN3. The molecule has 2 heterocycles. The van der Waals surface area contributed by atoms with E-state index in [-0.39, 0.29) is 5.54 Å². The van der Waals surface area contributed by atoms with E-state index in [0.29, 0.717) is 6.04 Å². The molecule has 0 aromatic carbocycles. The van der Waals surface area contributed by atoms with Crippen LogP contribution in [0.25, 0.3) is 0 Å². The molecule has 4 heteroatoms. The zero-order chi connectivity index (χ0) is 14.0. The van der Waals surface area contributed by atoms with Crippen molar-refractivity contribution < 1.29 is 0 Å². The van der Waals surface area contributed by atoms with Crippen LogP contribution >= 0.6 is 15.9 Å². The fourth-order valence-corrected chi connectivity index (χ4v) is 3.04. The number of halogens is 1. The molecule has 2 rings (SSSR count). The first-order chi connectivity index (χ1) is 8.90. The Labute approximate surface area is 124 Å². The summed E-state index contributed by atoms with van der Waals surface area (Å²) in [5.74, 6) is 1.14. The van der Waals surface area contributed by atoms with E-state index in [2.05, 4.69) is 64.9 Å². The van der Waals surface area contributed by atoms with Gasteiger partial charge in [0, 0.05) is 40.9 Å². The molecule has 0 bridgehead atoms. The number of nitrogens with one attached hydrogen (secondary N) is 1. The van der Waals surface area contributed by atoms with Crippen molar-refractivity contribution in [1.82, 2.24) is 10.3 Å². The van der Waals surface area contributed by atoms with E-state index in [1.54, 1.807) is 0 Å².